The second kappa shape index (κ2) is 14.2. The summed E-state index contributed by atoms with van der Waals surface area (Å²) < 4.78 is 20.1. The summed E-state index contributed by atoms with van der Waals surface area (Å²) in [6.45, 7) is 2.78. The number of hydrazine groups is 1. The first-order chi connectivity index (χ1) is 19.8. The third kappa shape index (κ3) is 7.89. The number of carbonyl (C=O) groups excluding carboxylic acids is 3. The van der Waals surface area contributed by atoms with Gasteiger partial charge < -0.3 is 10.1 Å². The Morgan fingerprint density at radius 3 is 2.32 bits per heavy atom. The van der Waals surface area contributed by atoms with Gasteiger partial charge in [0, 0.05) is 15.7 Å². The van der Waals surface area contributed by atoms with Gasteiger partial charge in [-0.05, 0) is 91.4 Å². The largest absolute Gasteiger partial charge is 0.494 e. The van der Waals surface area contributed by atoms with Crippen molar-refractivity contribution in [1.82, 2.24) is 10.4 Å². The SMILES string of the molecule is CCCCCCOc1ccc(NC(=O)CC2C(=O)N(c3ccc(F)cc3)C(=S)N2NC(=O)c2ccc(Br)cc2)cc1. The van der Waals surface area contributed by atoms with E-state index in [0.29, 0.717) is 29.3 Å². The molecule has 0 bridgehead atoms. The second-order valence-corrected chi connectivity index (χ2v) is 10.7. The van der Waals surface area contributed by atoms with Gasteiger partial charge in [0.15, 0.2) is 0 Å². The quantitative estimate of drug-likeness (QED) is 0.180. The van der Waals surface area contributed by atoms with Crippen LogP contribution in [0.4, 0.5) is 15.8 Å². The molecule has 2 N–H and O–H groups in total. The van der Waals surface area contributed by atoms with Crippen LogP contribution in [0.1, 0.15) is 49.4 Å². The summed E-state index contributed by atoms with van der Waals surface area (Å²) in [6, 6.07) is 17.7. The smallest absolute Gasteiger partial charge is 0.269 e. The van der Waals surface area contributed by atoms with E-state index in [9.17, 15) is 18.8 Å². The molecule has 1 aliphatic heterocycles. The van der Waals surface area contributed by atoms with E-state index in [0.717, 1.165) is 23.7 Å². The van der Waals surface area contributed by atoms with Crippen LogP contribution in [-0.4, -0.2) is 40.5 Å². The normalized spacial score (nSPS) is 14.8. The Morgan fingerprint density at radius 2 is 1.66 bits per heavy atom. The molecule has 0 radical (unpaired) electrons. The number of anilines is 2. The van der Waals surface area contributed by atoms with Crippen molar-refractivity contribution in [2.24, 2.45) is 0 Å². The fourth-order valence-corrected chi connectivity index (χ4v) is 4.88. The zero-order valence-electron chi connectivity index (χ0n) is 22.4. The molecule has 11 heteroatoms. The summed E-state index contributed by atoms with van der Waals surface area (Å²) in [5, 5.41) is 3.96. The fraction of sp³-hybridized carbons (Fsp3) is 0.267. The monoisotopic (exact) mass is 640 g/mol. The molecule has 0 saturated carbocycles. The van der Waals surface area contributed by atoms with E-state index < -0.39 is 29.6 Å². The molecule has 8 nitrogen and oxygen atoms in total. The van der Waals surface area contributed by atoms with Crippen LogP contribution in [0.15, 0.2) is 77.3 Å². The van der Waals surface area contributed by atoms with E-state index in [1.807, 2.05) is 0 Å². The summed E-state index contributed by atoms with van der Waals surface area (Å²) in [4.78, 5) is 40.8. The third-order valence-corrected chi connectivity index (χ3v) is 7.32. The molecule has 0 spiro atoms. The highest BCUT2D eigenvalue weighted by molar-refractivity contribution is 9.10. The number of benzene rings is 3. The molecular weight excluding hydrogens is 611 g/mol. The zero-order chi connectivity index (χ0) is 29.4. The molecule has 1 heterocycles. The molecule has 214 valence electrons. The van der Waals surface area contributed by atoms with Crippen LogP contribution in [0, 0.1) is 5.82 Å². The molecule has 1 aliphatic rings. The molecule has 1 saturated heterocycles. The number of ether oxygens (including phenoxy) is 1. The number of halogens is 2. The van der Waals surface area contributed by atoms with Gasteiger partial charge in [0.25, 0.3) is 11.8 Å². The predicted octanol–water partition coefficient (Wildman–Crippen LogP) is 6.22. The van der Waals surface area contributed by atoms with E-state index in [1.54, 1.807) is 48.5 Å². The number of hydrogen-bond acceptors (Lipinski definition) is 5. The van der Waals surface area contributed by atoms with Crippen LogP contribution < -0.4 is 20.4 Å². The Labute approximate surface area is 251 Å². The van der Waals surface area contributed by atoms with E-state index >= 15 is 0 Å². The first-order valence-electron chi connectivity index (χ1n) is 13.3. The number of nitrogens with one attached hydrogen (secondary N) is 2. The lowest BCUT2D eigenvalue weighted by Crippen LogP contribution is -2.49. The van der Waals surface area contributed by atoms with E-state index in [-0.39, 0.29) is 11.5 Å². The lowest BCUT2D eigenvalue weighted by Gasteiger charge is -2.24. The minimum atomic E-state index is -1.13. The number of rotatable bonds is 12. The number of thiocarbonyl (C=S) groups is 1. The summed E-state index contributed by atoms with van der Waals surface area (Å²) in [7, 11) is 0. The Kier molecular flexibility index (Phi) is 10.4. The molecule has 1 atom stereocenters. The zero-order valence-corrected chi connectivity index (χ0v) is 24.8. The molecule has 1 unspecified atom stereocenters. The average Bonchev–Trinajstić information content (AvgIpc) is 3.18. The molecule has 1 fully saturated rings. The van der Waals surface area contributed by atoms with Gasteiger partial charge in [-0.2, -0.15) is 0 Å². The van der Waals surface area contributed by atoms with Gasteiger partial charge in [-0.3, -0.25) is 24.7 Å². The molecule has 41 heavy (non-hydrogen) atoms. The highest BCUT2D eigenvalue weighted by Gasteiger charge is 2.45. The first kappa shape index (κ1) is 30.1. The van der Waals surface area contributed by atoms with Gasteiger partial charge >= 0.3 is 0 Å². The highest BCUT2D eigenvalue weighted by Crippen LogP contribution is 2.27. The van der Waals surface area contributed by atoms with E-state index in [1.165, 1.54) is 40.6 Å². The van der Waals surface area contributed by atoms with Crippen molar-refractivity contribution in [2.75, 3.05) is 16.8 Å². The summed E-state index contributed by atoms with van der Waals surface area (Å²) in [6.07, 6.45) is 4.13. The molecule has 4 rings (SSSR count). The van der Waals surface area contributed by atoms with Crippen molar-refractivity contribution in [3.8, 4) is 5.75 Å². The topological polar surface area (TPSA) is 91.0 Å². The van der Waals surface area contributed by atoms with Gasteiger partial charge in [-0.25, -0.2) is 9.40 Å². The van der Waals surface area contributed by atoms with E-state index in [4.69, 9.17) is 17.0 Å². The lowest BCUT2D eigenvalue weighted by atomic mass is 10.1. The van der Waals surface area contributed by atoms with Gasteiger partial charge in [-0.1, -0.05) is 42.1 Å². The second-order valence-electron chi connectivity index (χ2n) is 9.45. The predicted molar refractivity (Wildman–Crippen MR) is 163 cm³/mol. The first-order valence-corrected chi connectivity index (χ1v) is 14.5. The molecule has 3 aromatic rings. The van der Waals surface area contributed by atoms with Crippen LogP contribution in [0.3, 0.4) is 0 Å². The minimum Gasteiger partial charge on any atom is -0.494 e. The van der Waals surface area contributed by atoms with Crippen LogP contribution in [0.25, 0.3) is 0 Å². The molecule has 3 aromatic carbocycles. The van der Waals surface area contributed by atoms with Crippen molar-refractivity contribution >= 4 is 62.4 Å². The number of amides is 3. The van der Waals surface area contributed by atoms with Crippen LogP contribution in [-0.2, 0) is 9.59 Å². The standard InChI is InChI=1S/C30H30BrFN4O4S/c1-2-3-4-5-18-40-25-16-12-23(13-17-25)33-27(37)19-26-29(39)35(24-14-10-22(32)11-15-24)30(41)36(26)34-28(38)20-6-8-21(31)9-7-20/h6-17,26H,2-5,18-19H2,1H3,(H,33,37)(H,34,38). The van der Waals surface area contributed by atoms with Gasteiger partial charge in [0.2, 0.25) is 11.0 Å². The van der Waals surface area contributed by atoms with Crippen LogP contribution >= 0.6 is 28.1 Å². The number of unbranched alkanes of at least 4 members (excludes halogenated alkanes) is 3. The van der Waals surface area contributed by atoms with Crippen molar-refractivity contribution in [3.63, 3.8) is 0 Å². The van der Waals surface area contributed by atoms with Crippen LogP contribution in [0.5, 0.6) is 5.75 Å². The van der Waals surface area contributed by atoms with E-state index in [2.05, 4.69) is 33.6 Å². The summed E-state index contributed by atoms with van der Waals surface area (Å²) in [5.74, 6) is -1.27. The Morgan fingerprint density at radius 1 is 0.976 bits per heavy atom. The lowest BCUT2D eigenvalue weighted by molar-refractivity contribution is -0.124. The summed E-state index contributed by atoms with van der Waals surface area (Å²) >= 11 is 8.88. The average molecular weight is 642 g/mol. The van der Waals surface area contributed by atoms with Crippen molar-refractivity contribution < 1.29 is 23.5 Å². The molecule has 3 amide bonds. The third-order valence-electron chi connectivity index (χ3n) is 6.41. The highest BCUT2D eigenvalue weighted by atomic mass is 79.9. The maximum Gasteiger partial charge on any atom is 0.269 e. The van der Waals surface area contributed by atoms with Gasteiger partial charge in [-0.15, -0.1) is 0 Å². The van der Waals surface area contributed by atoms with Crippen molar-refractivity contribution in [3.05, 3.63) is 88.6 Å². The number of nitrogens with zero attached hydrogens (tertiary/aromatic N) is 2. The maximum atomic E-state index is 13.6. The number of carbonyl (C=O) groups is 3. The Bertz CT molecular complexity index is 1390. The number of hydrogen-bond donors (Lipinski definition) is 2. The Hall–Kier alpha value is -3.83. The van der Waals surface area contributed by atoms with Crippen molar-refractivity contribution in [2.45, 2.75) is 45.1 Å². The minimum absolute atomic E-state index is 0.0368. The van der Waals surface area contributed by atoms with Gasteiger partial charge in [0.1, 0.15) is 17.6 Å². The summed E-state index contributed by atoms with van der Waals surface area (Å²) in [5.41, 5.74) is 3.85. The van der Waals surface area contributed by atoms with Gasteiger partial charge in [0.05, 0.1) is 18.7 Å². The molecule has 0 aromatic heterocycles. The Balaban J connectivity index is 1.46. The van der Waals surface area contributed by atoms with Crippen molar-refractivity contribution in [1.29, 1.82) is 0 Å². The molecular formula is C30H30BrFN4O4S. The maximum absolute atomic E-state index is 13.6. The van der Waals surface area contributed by atoms with Crippen LogP contribution in [0.2, 0.25) is 0 Å². The molecule has 0 aliphatic carbocycles. The fourth-order valence-electron chi connectivity index (χ4n) is 4.24.